The molecule has 4 nitrogen and oxygen atoms in total. The molecule has 4 aromatic rings. The number of carbonyl (C=O) groups is 1. The van der Waals surface area contributed by atoms with Crippen LogP contribution in [0.5, 0.6) is 0 Å². The number of nitrogens with zero attached hydrogens (tertiary/aromatic N) is 3. The van der Waals surface area contributed by atoms with Gasteiger partial charge in [0.2, 0.25) is 0 Å². The van der Waals surface area contributed by atoms with Gasteiger partial charge in [-0.25, -0.2) is 13.8 Å². The zero-order valence-corrected chi connectivity index (χ0v) is 18.5. The Morgan fingerprint density at radius 3 is 2.48 bits per heavy atom. The van der Waals surface area contributed by atoms with Gasteiger partial charge in [-0.2, -0.15) is 0 Å². The summed E-state index contributed by atoms with van der Waals surface area (Å²) in [5.74, 6) is -1.69. The Balaban J connectivity index is 1.72. The van der Waals surface area contributed by atoms with E-state index in [1.54, 1.807) is 48.4 Å². The van der Waals surface area contributed by atoms with Crippen molar-refractivity contribution in [2.45, 2.75) is 30.5 Å². The van der Waals surface area contributed by atoms with Crippen molar-refractivity contribution in [2.24, 2.45) is 0 Å². The van der Waals surface area contributed by atoms with Gasteiger partial charge < -0.3 is 0 Å². The van der Waals surface area contributed by atoms with Crippen LogP contribution in [-0.2, 0) is 6.54 Å². The van der Waals surface area contributed by atoms with Crippen LogP contribution >= 0.6 is 23.1 Å². The van der Waals surface area contributed by atoms with Crippen molar-refractivity contribution in [3.63, 3.8) is 0 Å². The van der Waals surface area contributed by atoms with Crippen molar-refractivity contribution in [2.75, 3.05) is 4.90 Å². The number of thioether (sulfide) groups is 1. The molecular weight excluding hydrogens is 436 g/mol. The highest BCUT2D eigenvalue weighted by Crippen LogP contribution is 2.33. The minimum Gasteiger partial charge on any atom is -0.279 e. The van der Waals surface area contributed by atoms with Crippen molar-refractivity contribution in [1.29, 1.82) is 0 Å². The van der Waals surface area contributed by atoms with E-state index in [9.17, 15) is 13.6 Å². The maximum absolute atomic E-state index is 14.2. The molecule has 0 saturated heterocycles. The van der Waals surface area contributed by atoms with Crippen molar-refractivity contribution < 1.29 is 13.6 Å². The molecule has 2 aromatic heterocycles. The number of hydrogen-bond acceptors (Lipinski definition) is 5. The van der Waals surface area contributed by atoms with Crippen LogP contribution in [0.4, 0.5) is 13.9 Å². The summed E-state index contributed by atoms with van der Waals surface area (Å²) in [6.45, 7) is 4.44. The number of halogens is 2. The summed E-state index contributed by atoms with van der Waals surface area (Å²) in [7, 11) is 0. The van der Waals surface area contributed by atoms with Gasteiger partial charge in [-0.1, -0.05) is 25.2 Å². The highest BCUT2D eigenvalue weighted by atomic mass is 32.2. The number of thiazole rings is 1. The van der Waals surface area contributed by atoms with E-state index >= 15 is 0 Å². The molecule has 0 atom stereocenters. The highest BCUT2D eigenvalue weighted by Gasteiger charge is 2.23. The molecule has 0 aliphatic carbocycles. The first kappa shape index (κ1) is 21.4. The molecule has 0 aliphatic rings. The highest BCUT2D eigenvalue weighted by molar-refractivity contribution is 7.99. The number of pyridine rings is 1. The van der Waals surface area contributed by atoms with Crippen molar-refractivity contribution in [3.8, 4) is 0 Å². The van der Waals surface area contributed by atoms with Gasteiger partial charge in [0.15, 0.2) is 10.9 Å². The monoisotopic (exact) mass is 455 g/mol. The van der Waals surface area contributed by atoms with Crippen LogP contribution in [0, 0.1) is 11.6 Å². The van der Waals surface area contributed by atoms with E-state index in [1.165, 1.54) is 11.0 Å². The quantitative estimate of drug-likeness (QED) is 0.319. The van der Waals surface area contributed by atoms with Crippen molar-refractivity contribution in [1.82, 2.24) is 9.97 Å². The minimum absolute atomic E-state index is 0.0533. The van der Waals surface area contributed by atoms with Crippen LogP contribution in [0.3, 0.4) is 0 Å². The van der Waals surface area contributed by atoms with Crippen LogP contribution < -0.4 is 4.90 Å². The summed E-state index contributed by atoms with van der Waals surface area (Å²) in [4.78, 5) is 24.3. The van der Waals surface area contributed by atoms with E-state index in [-0.39, 0.29) is 18.0 Å². The predicted molar refractivity (Wildman–Crippen MR) is 122 cm³/mol. The number of aromatic nitrogens is 2. The van der Waals surface area contributed by atoms with Gasteiger partial charge in [0.25, 0.3) is 5.91 Å². The zero-order valence-electron chi connectivity index (χ0n) is 16.9. The molecule has 2 aromatic carbocycles. The van der Waals surface area contributed by atoms with Crippen molar-refractivity contribution in [3.05, 3.63) is 83.7 Å². The molecular formula is C23H19F2N3OS2. The first-order chi connectivity index (χ1) is 14.9. The largest absolute Gasteiger partial charge is 0.279 e. The molecule has 0 unspecified atom stereocenters. The number of anilines is 1. The smallest absolute Gasteiger partial charge is 0.260 e. The Hall–Kier alpha value is -2.84. The van der Waals surface area contributed by atoms with Crippen molar-refractivity contribution >= 4 is 44.4 Å². The number of hydrogen-bond donors (Lipinski definition) is 0. The first-order valence-electron chi connectivity index (χ1n) is 9.64. The molecule has 0 N–H and O–H groups in total. The van der Waals surface area contributed by atoms with E-state index in [4.69, 9.17) is 0 Å². The minimum atomic E-state index is -0.746. The third-order valence-electron chi connectivity index (χ3n) is 4.44. The fourth-order valence-corrected chi connectivity index (χ4v) is 4.90. The Morgan fingerprint density at radius 1 is 1.10 bits per heavy atom. The molecule has 8 heteroatoms. The van der Waals surface area contributed by atoms with Crippen LogP contribution in [-0.4, -0.2) is 21.1 Å². The SMILES string of the molecule is CC(C)Sc1ccc(C(=O)N(Cc2ccncc2)c2nc3c(F)cc(F)cc3s2)cc1. The maximum atomic E-state index is 14.2. The third kappa shape index (κ3) is 4.91. The molecule has 1 amide bonds. The topological polar surface area (TPSA) is 46.1 Å². The van der Waals surface area contributed by atoms with Gasteiger partial charge in [-0.3, -0.25) is 14.7 Å². The lowest BCUT2D eigenvalue weighted by molar-refractivity contribution is 0.0985. The van der Waals surface area contributed by atoms with Gasteiger partial charge in [-0.15, -0.1) is 11.8 Å². The maximum Gasteiger partial charge on any atom is 0.260 e. The van der Waals surface area contributed by atoms with Crippen LogP contribution in [0.2, 0.25) is 0 Å². The van der Waals surface area contributed by atoms with E-state index in [2.05, 4.69) is 23.8 Å². The number of amides is 1. The molecule has 0 aliphatic heterocycles. The van der Waals surface area contributed by atoms with E-state index < -0.39 is 11.6 Å². The van der Waals surface area contributed by atoms with E-state index in [0.717, 1.165) is 27.9 Å². The average Bonchev–Trinajstić information content (AvgIpc) is 3.16. The molecule has 31 heavy (non-hydrogen) atoms. The lowest BCUT2D eigenvalue weighted by Gasteiger charge is -2.20. The Morgan fingerprint density at radius 2 is 1.81 bits per heavy atom. The predicted octanol–water partition coefficient (Wildman–Crippen LogP) is 6.32. The number of fused-ring (bicyclic) bond motifs is 1. The molecule has 0 spiro atoms. The summed E-state index contributed by atoms with van der Waals surface area (Å²) in [5, 5.41) is 0.740. The van der Waals surface area contributed by atoms with Gasteiger partial charge in [0, 0.05) is 34.2 Å². The number of benzene rings is 2. The van der Waals surface area contributed by atoms with Crippen LogP contribution in [0.25, 0.3) is 10.2 Å². The molecule has 158 valence electrons. The standard InChI is InChI=1S/C23H19F2N3OS2/c1-14(2)30-18-5-3-16(4-6-18)22(29)28(13-15-7-9-26-10-8-15)23-27-21-19(25)11-17(24)12-20(21)31-23/h3-12,14H,13H2,1-2H3. The zero-order chi connectivity index (χ0) is 22.0. The fourth-order valence-electron chi connectivity index (χ4n) is 3.06. The summed E-state index contributed by atoms with van der Waals surface area (Å²) in [6.07, 6.45) is 3.28. The molecule has 0 saturated carbocycles. The second kappa shape index (κ2) is 9.11. The fraction of sp³-hybridized carbons (Fsp3) is 0.174. The van der Waals surface area contributed by atoms with E-state index in [1.807, 2.05) is 12.1 Å². The van der Waals surface area contributed by atoms with Gasteiger partial charge in [0.1, 0.15) is 11.3 Å². The first-order valence-corrected chi connectivity index (χ1v) is 11.3. The second-order valence-corrected chi connectivity index (χ2v) is 9.83. The lowest BCUT2D eigenvalue weighted by Crippen LogP contribution is -2.30. The Labute approximate surface area is 187 Å². The Kier molecular flexibility index (Phi) is 6.29. The van der Waals surface area contributed by atoms with Crippen LogP contribution in [0.1, 0.15) is 29.8 Å². The molecule has 2 heterocycles. The van der Waals surface area contributed by atoms with E-state index in [0.29, 0.717) is 20.6 Å². The normalized spacial score (nSPS) is 11.3. The van der Waals surface area contributed by atoms with Gasteiger partial charge in [-0.05, 0) is 48.0 Å². The van der Waals surface area contributed by atoms with Crippen LogP contribution in [0.15, 0.2) is 65.8 Å². The summed E-state index contributed by atoms with van der Waals surface area (Å²) >= 11 is 2.79. The van der Waals surface area contributed by atoms with Gasteiger partial charge in [0.05, 0.1) is 11.2 Å². The van der Waals surface area contributed by atoms with Gasteiger partial charge >= 0.3 is 0 Å². The summed E-state index contributed by atoms with van der Waals surface area (Å²) < 4.78 is 28.2. The summed E-state index contributed by atoms with van der Waals surface area (Å²) in [5.41, 5.74) is 1.40. The third-order valence-corrected chi connectivity index (χ3v) is 6.48. The number of rotatable bonds is 6. The lowest BCUT2D eigenvalue weighted by atomic mass is 10.2. The number of carbonyl (C=O) groups excluding carboxylic acids is 1. The Bertz CT molecular complexity index is 1210. The second-order valence-electron chi connectivity index (χ2n) is 7.17. The molecule has 0 fully saturated rings. The molecule has 0 radical (unpaired) electrons. The molecule has 4 rings (SSSR count). The average molecular weight is 456 g/mol. The summed E-state index contributed by atoms with van der Waals surface area (Å²) in [6, 6.07) is 13.0. The molecule has 0 bridgehead atoms.